The van der Waals surface area contributed by atoms with Gasteiger partial charge in [-0.15, -0.1) is 0 Å². The van der Waals surface area contributed by atoms with Gasteiger partial charge in [-0.3, -0.25) is 4.90 Å². The zero-order valence-corrected chi connectivity index (χ0v) is 9.69. The fraction of sp³-hybridized carbons (Fsp3) is 0.538. The van der Waals surface area contributed by atoms with Crippen molar-refractivity contribution in [3.63, 3.8) is 0 Å². The first kappa shape index (κ1) is 11.4. The first-order valence-electron chi connectivity index (χ1n) is 5.84. The molecule has 0 amide bonds. The van der Waals surface area contributed by atoms with Gasteiger partial charge in [-0.2, -0.15) is 0 Å². The van der Waals surface area contributed by atoms with Crippen molar-refractivity contribution in [2.45, 2.75) is 19.6 Å². The number of morpholine rings is 1. The highest BCUT2D eigenvalue weighted by Gasteiger charge is 2.20. The van der Waals surface area contributed by atoms with E-state index in [2.05, 4.69) is 17.9 Å². The molecule has 87 valence electrons. The minimum absolute atomic E-state index is 0.159. The van der Waals surface area contributed by atoms with E-state index in [-0.39, 0.29) is 6.23 Å². The van der Waals surface area contributed by atoms with Gasteiger partial charge >= 0.3 is 0 Å². The molecule has 1 radical (unpaired) electrons. The van der Waals surface area contributed by atoms with Gasteiger partial charge in [-0.05, 0) is 24.6 Å². The van der Waals surface area contributed by atoms with Crippen molar-refractivity contribution in [1.29, 1.82) is 0 Å². The third kappa shape index (κ3) is 2.97. The largest absolute Gasteiger partial charge is 0.475 e. The molecule has 1 aliphatic heterocycles. The molecule has 0 spiro atoms. The Balaban J connectivity index is 1.94. The lowest BCUT2D eigenvalue weighted by molar-refractivity contribution is -0.0468. The predicted octanol–water partition coefficient (Wildman–Crippen LogP) is 1.93. The molecular weight excluding hydrogens is 202 g/mol. The quantitative estimate of drug-likeness (QED) is 0.774. The number of ether oxygens (including phenoxy) is 2. The van der Waals surface area contributed by atoms with Crippen molar-refractivity contribution >= 4 is 0 Å². The molecule has 1 aliphatic rings. The van der Waals surface area contributed by atoms with Crippen LogP contribution in [0.1, 0.15) is 13.3 Å². The molecule has 0 aliphatic carbocycles. The van der Waals surface area contributed by atoms with Crippen LogP contribution in [-0.4, -0.2) is 37.4 Å². The summed E-state index contributed by atoms with van der Waals surface area (Å²) in [5.41, 5.74) is 0. The van der Waals surface area contributed by atoms with Crippen LogP contribution in [0.15, 0.2) is 24.3 Å². The second-order valence-electron chi connectivity index (χ2n) is 3.86. The van der Waals surface area contributed by atoms with Crippen molar-refractivity contribution in [3.05, 3.63) is 30.3 Å². The highest BCUT2D eigenvalue weighted by Crippen LogP contribution is 2.15. The Bertz CT molecular complexity index is 296. The second-order valence-corrected chi connectivity index (χ2v) is 3.86. The van der Waals surface area contributed by atoms with Crippen LogP contribution in [0.25, 0.3) is 0 Å². The lowest BCUT2D eigenvalue weighted by Gasteiger charge is -2.33. The number of benzene rings is 1. The van der Waals surface area contributed by atoms with Gasteiger partial charge in [0, 0.05) is 13.1 Å². The highest BCUT2D eigenvalue weighted by atomic mass is 16.5. The lowest BCUT2D eigenvalue weighted by atomic mass is 10.3. The molecule has 1 fully saturated rings. The van der Waals surface area contributed by atoms with E-state index in [1.807, 2.05) is 24.3 Å². The second kappa shape index (κ2) is 5.87. The Morgan fingerprint density at radius 2 is 2.06 bits per heavy atom. The zero-order chi connectivity index (χ0) is 11.2. The van der Waals surface area contributed by atoms with Crippen LogP contribution in [-0.2, 0) is 4.74 Å². The molecule has 0 bridgehead atoms. The van der Waals surface area contributed by atoms with Crippen molar-refractivity contribution in [2.24, 2.45) is 0 Å². The number of rotatable bonds is 4. The summed E-state index contributed by atoms with van der Waals surface area (Å²) in [6, 6.07) is 10.6. The Labute approximate surface area is 97.0 Å². The molecule has 1 atom stereocenters. The maximum Gasteiger partial charge on any atom is 0.152 e. The molecule has 1 heterocycles. The van der Waals surface area contributed by atoms with Crippen LogP contribution in [0.3, 0.4) is 0 Å². The first-order chi connectivity index (χ1) is 7.90. The van der Waals surface area contributed by atoms with Crippen LogP contribution in [0.5, 0.6) is 5.75 Å². The molecule has 0 aromatic heterocycles. The van der Waals surface area contributed by atoms with E-state index >= 15 is 0 Å². The van der Waals surface area contributed by atoms with E-state index in [9.17, 15) is 0 Å². The topological polar surface area (TPSA) is 21.7 Å². The zero-order valence-electron chi connectivity index (χ0n) is 9.69. The number of nitrogens with zero attached hydrogens (tertiary/aromatic N) is 1. The van der Waals surface area contributed by atoms with Gasteiger partial charge in [0.15, 0.2) is 6.23 Å². The van der Waals surface area contributed by atoms with Gasteiger partial charge in [0.1, 0.15) is 5.75 Å². The molecule has 16 heavy (non-hydrogen) atoms. The van der Waals surface area contributed by atoms with E-state index in [4.69, 9.17) is 9.47 Å². The van der Waals surface area contributed by atoms with Crippen molar-refractivity contribution in [1.82, 2.24) is 4.90 Å². The highest BCUT2D eigenvalue weighted by molar-refractivity contribution is 5.20. The molecule has 1 unspecified atom stereocenters. The lowest BCUT2D eigenvalue weighted by Crippen LogP contribution is -2.46. The molecule has 1 aromatic carbocycles. The summed E-state index contributed by atoms with van der Waals surface area (Å²) in [5, 5.41) is 0. The molecule has 1 saturated heterocycles. The Morgan fingerprint density at radius 1 is 1.38 bits per heavy atom. The first-order valence-corrected chi connectivity index (χ1v) is 5.84. The molecule has 2 rings (SSSR count). The van der Waals surface area contributed by atoms with Crippen molar-refractivity contribution < 1.29 is 9.47 Å². The van der Waals surface area contributed by atoms with Crippen LogP contribution >= 0.6 is 0 Å². The average Bonchev–Trinajstić information content (AvgIpc) is 2.38. The summed E-state index contributed by atoms with van der Waals surface area (Å²) in [7, 11) is 0. The van der Waals surface area contributed by atoms with Crippen molar-refractivity contribution in [3.8, 4) is 5.75 Å². The molecule has 1 aromatic rings. The van der Waals surface area contributed by atoms with Crippen LogP contribution < -0.4 is 4.74 Å². The number of hydrogen-bond donors (Lipinski definition) is 0. The minimum atomic E-state index is 0.159. The molecule has 0 saturated carbocycles. The summed E-state index contributed by atoms with van der Waals surface area (Å²) in [5.74, 6) is 0.914. The van der Waals surface area contributed by atoms with E-state index in [1.54, 1.807) is 0 Å². The predicted molar refractivity (Wildman–Crippen MR) is 62.4 cm³/mol. The summed E-state index contributed by atoms with van der Waals surface area (Å²) in [6.45, 7) is 5.68. The third-order valence-corrected chi connectivity index (χ3v) is 2.76. The Kier molecular flexibility index (Phi) is 4.19. The van der Waals surface area contributed by atoms with Crippen molar-refractivity contribution in [2.75, 3.05) is 26.3 Å². The van der Waals surface area contributed by atoms with E-state index in [0.717, 1.165) is 38.5 Å². The van der Waals surface area contributed by atoms with Gasteiger partial charge in [0.05, 0.1) is 13.2 Å². The average molecular weight is 220 g/mol. The summed E-state index contributed by atoms with van der Waals surface area (Å²) >= 11 is 0. The summed E-state index contributed by atoms with van der Waals surface area (Å²) < 4.78 is 11.3. The molecular formula is C13H18NO2. The molecule has 0 N–H and O–H groups in total. The third-order valence-electron chi connectivity index (χ3n) is 2.76. The van der Waals surface area contributed by atoms with Gasteiger partial charge in [0.25, 0.3) is 0 Å². The maximum atomic E-state index is 5.95. The monoisotopic (exact) mass is 220 g/mol. The van der Waals surface area contributed by atoms with Crippen LogP contribution in [0.4, 0.5) is 0 Å². The van der Waals surface area contributed by atoms with Crippen LogP contribution in [0.2, 0.25) is 0 Å². The SMILES string of the molecule is CCC(Oc1cc[c]cc1)N1CCOCC1. The maximum absolute atomic E-state index is 5.95. The van der Waals surface area contributed by atoms with E-state index in [1.165, 1.54) is 0 Å². The van der Waals surface area contributed by atoms with Gasteiger partial charge in [0.2, 0.25) is 0 Å². The van der Waals surface area contributed by atoms with Crippen LogP contribution in [0, 0.1) is 6.07 Å². The fourth-order valence-electron chi connectivity index (χ4n) is 1.89. The molecule has 3 heteroatoms. The minimum Gasteiger partial charge on any atom is -0.475 e. The summed E-state index contributed by atoms with van der Waals surface area (Å²) in [4.78, 5) is 2.33. The van der Waals surface area contributed by atoms with Gasteiger partial charge < -0.3 is 9.47 Å². The normalized spacial score (nSPS) is 19.3. The summed E-state index contributed by atoms with van der Waals surface area (Å²) in [6.07, 6.45) is 1.14. The van der Waals surface area contributed by atoms with E-state index in [0.29, 0.717) is 0 Å². The fourth-order valence-corrected chi connectivity index (χ4v) is 1.89. The number of hydrogen-bond acceptors (Lipinski definition) is 3. The van der Waals surface area contributed by atoms with Gasteiger partial charge in [-0.25, -0.2) is 0 Å². The Morgan fingerprint density at radius 3 is 2.69 bits per heavy atom. The smallest absolute Gasteiger partial charge is 0.152 e. The van der Waals surface area contributed by atoms with E-state index < -0.39 is 0 Å². The molecule has 3 nitrogen and oxygen atoms in total. The standard InChI is InChI=1S/C13H18NO2/c1-2-13(14-8-10-15-11-9-14)16-12-6-4-3-5-7-12/h4-7,13H,2,8-11H2,1H3. The van der Waals surface area contributed by atoms with Gasteiger partial charge in [-0.1, -0.05) is 19.1 Å². The Hall–Kier alpha value is -1.06.